The van der Waals surface area contributed by atoms with E-state index in [0.29, 0.717) is 16.3 Å². The molecule has 2 aromatic heterocycles. The third-order valence-electron chi connectivity index (χ3n) is 5.28. The summed E-state index contributed by atoms with van der Waals surface area (Å²) >= 11 is 1.25. The fraction of sp³-hybridized carbons (Fsp3) is 0.429. The van der Waals surface area contributed by atoms with E-state index in [4.69, 9.17) is 0 Å². The Kier molecular flexibility index (Phi) is 5.90. The molecule has 1 amide bonds. The summed E-state index contributed by atoms with van der Waals surface area (Å²) in [6.45, 7) is 5.20. The van der Waals surface area contributed by atoms with Crippen LogP contribution in [0.25, 0.3) is 10.3 Å². The first-order valence-electron chi connectivity index (χ1n) is 10.3. The summed E-state index contributed by atoms with van der Waals surface area (Å²) < 4.78 is 16.8. The number of nitrogens with zero attached hydrogens (tertiary/aromatic N) is 4. The van der Waals surface area contributed by atoms with E-state index in [1.54, 1.807) is 13.0 Å². The molecule has 10 heteroatoms. The SMILES string of the molecule is CCCn1c(=O)c2sc(N3CCCC3)nc2n(CC(=O)Nc2ccc(C)cc2F)c1=O. The molecular weight excluding hydrogens is 421 g/mol. The van der Waals surface area contributed by atoms with Crippen LogP contribution >= 0.6 is 11.3 Å². The summed E-state index contributed by atoms with van der Waals surface area (Å²) in [6, 6.07) is 4.49. The van der Waals surface area contributed by atoms with Gasteiger partial charge < -0.3 is 10.2 Å². The van der Waals surface area contributed by atoms with Crippen LogP contribution in [0, 0.1) is 12.7 Å². The first kappa shape index (κ1) is 21.2. The molecule has 0 unspecified atom stereocenters. The van der Waals surface area contributed by atoms with E-state index in [-0.39, 0.29) is 30.0 Å². The highest BCUT2D eigenvalue weighted by Crippen LogP contribution is 2.28. The Morgan fingerprint density at radius 2 is 1.97 bits per heavy atom. The summed E-state index contributed by atoms with van der Waals surface area (Å²) in [7, 11) is 0. The van der Waals surface area contributed by atoms with Crippen molar-refractivity contribution in [2.75, 3.05) is 23.3 Å². The zero-order valence-electron chi connectivity index (χ0n) is 17.5. The van der Waals surface area contributed by atoms with Gasteiger partial charge in [0.25, 0.3) is 5.56 Å². The van der Waals surface area contributed by atoms with Crippen molar-refractivity contribution in [3.05, 3.63) is 50.4 Å². The Bertz CT molecular complexity index is 1260. The number of aromatic nitrogens is 3. The van der Waals surface area contributed by atoms with Gasteiger partial charge in [-0.25, -0.2) is 14.2 Å². The average molecular weight is 446 g/mol. The second kappa shape index (κ2) is 8.62. The molecule has 1 N–H and O–H groups in total. The van der Waals surface area contributed by atoms with Crippen molar-refractivity contribution in [2.24, 2.45) is 0 Å². The van der Waals surface area contributed by atoms with Crippen LogP contribution in [0.3, 0.4) is 0 Å². The lowest BCUT2D eigenvalue weighted by Gasteiger charge is -2.12. The molecule has 0 bridgehead atoms. The fourth-order valence-electron chi connectivity index (χ4n) is 3.73. The molecule has 0 atom stereocenters. The number of anilines is 2. The average Bonchev–Trinajstić information content (AvgIpc) is 3.40. The van der Waals surface area contributed by atoms with E-state index in [1.807, 2.05) is 6.92 Å². The topological polar surface area (TPSA) is 89.2 Å². The van der Waals surface area contributed by atoms with Crippen LogP contribution in [0.15, 0.2) is 27.8 Å². The van der Waals surface area contributed by atoms with Crippen molar-refractivity contribution in [3.63, 3.8) is 0 Å². The highest BCUT2D eigenvalue weighted by atomic mass is 32.1. The van der Waals surface area contributed by atoms with E-state index in [2.05, 4.69) is 15.2 Å². The van der Waals surface area contributed by atoms with Crippen molar-refractivity contribution in [3.8, 4) is 0 Å². The largest absolute Gasteiger partial charge is 0.348 e. The third-order valence-corrected chi connectivity index (χ3v) is 6.37. The van der Waals surface area contributed by atoms with Crippen LogP contribution in [0.1, 0.15) is 31.7 Å². The van der Waals surface area contributed by atoms with Gasteiger partial charge in [-0.3, -0.25) is 18.7 Å². The molecule has 0 radical (unpaired) electrons. The van der Waals surface area contributed by atoms with Gasteiger partial charge in [0.15, 0.2) is 10.8 Å². The molecule has 3 aromatic rings. The minimum Gasteiger partial charge on any atom is -0.348 e. The molecule has 0 aliphatic carbocycles. The lowest BCUT2D eigenvalue weighted by atomic mass is 10.2. The van der Waals surface area contributed by atoms with Crippen LogP contribution in [0.5, 0.6) is 0 Å². The number of benzene rings is 1. The number of rotatable bonds is 6. The van der Waals surface area contributed by atoms with Gasteiger partial charge in [0, 0.05) is 19.6 Å². The van der Waals surface area contributed by atoms with Gasteiger partial charge in [-0.1, -0.05) is 24.3 Å². The molecule has 0 spiro atoms. The van der Waals surface area contributed by atoms with Crippen molar-refractivity contribution >= 4 is 38.4 Å². The zero-order chi connectivity index (χ0) is 22.1. The molecular formula is C21H24FN5O3S. The van der Waals surface area contributed by atoms with E-state index in [1.165, 1.54) is 28.0 Å². The summed E-state index contributed by atoms with van der Waals surface area (Å²) in [6.07, 6.45) is 2.69. The minimum absolute atomic E-state index is 0.0396. The Morgan fingerprint density at radius 1 is 1.23 bits per heavy atom. The van der Waals surface area contributed by atoms with Gasteiger partial charge in [-0.05, 0) is 43.9 Å². The second-order valence-electron chi connectivity index (χ2n) is 7.70. The Balaban J connectivity index is 1.75. The molecule has 0 saturated carbocycles. The second-order valence-corrected chi connectivity index (χ2v) is 8.68. The molecule has 1 aliphatic rings. The van der Waals surface area contributed by atoms with Crippen LogP contribution in [-0.4, -0.2) is 33.1 Å². The molecule has 1 aromatic carbocycles. The number of hydrogen-bond acceptors (Lipinski definition) is 6. The number of hydrogen-bond donors (Lipinski definition) is 1. The van der Waals surface area contributed by atoms with Crippen molar-refractivity contribution in [2.45, 2.75) is 46.2 Å². The Hall–Kier alpha value is -3.01. The van der Waals surface area contributed by atoms with E-state index >= 15 is 0 Å². The monoisotopic (exact) mass is 445 g/mol. The molecule has 1 fully saturated rings. The van der Waals surface area contributed by atoms with Crippen LogP contribution in [0.4, 0.5) is 15.2 Å². The maximum atomic E-state index is 14.1. The number of aryl methyl sites for hydroxylation is 1. The lowest BCUT2D eigenvalue weighted by molar-refractivity contribution is -0.116. The molecule has 31 heavy (non-hydrogen) atoms. The minimum atomic E-state index is -0.586. The number of fused-ring (bicyclic) bond motifs is 1. The molecule has 4 rings (SSSR count). The van der Waals surface area contributed by atoms with E-state index < -0.39 is 17.4 Å². The maximum absolute atomic E-state index is 14.1. The summed E-state index contributed by atoms with van der Waals surface area (Å²) in [5.74, 6) is -1.12. The predicted molar refractivity (Wildman–Crippen MR) is 120 cm³/mol. The Morgan fingerprint density at radius 3 is 2.65 bits per heavy atom. The maximum Gasteiger partial charge on any atom is 0.333 e. The molecule has 1 aliphatic heterocycles. The van der Waals surface area contributed by atoms with E-state index in [9.17, 15) is 18.8 Å². The van der Waals surface area contributed by atoms with Crippen LogP contribution < -0.4 is 21.5 Å². The highest BCUT2D eigenvalue weighted by molar-refractivity contribution is 7.22. The van der Waals surface area contributed by atoms with Crippen LogP contribution in [0.2, 0.25) is 0 Å². The number of nitrogens with one attached hydrogen (secondary N) is 1. The molecule has 8 nitrogen and oxygen atoms in total. The first-order valence-corrected chi connectivity index (χ1v) is 11.2. The van der Waals surface area contributed by atoms with Gasteiger partial charge in [0.1, 0.15) is 17.1 Å². The zero-order valence-corrected chi connectivity index (χ0v) is 18.3. The van der Waals surface area contributed by atoms with Crippen molar-refractivity contribution in [1.82, 2.24) is 14.1 Å². The predicted octanol–water partition coefficient (Wildman–Crippen LogP) is 2.72. The summed E-state index contributed by atoms with van der Waals surface area (Å²) in [5, 5.41) is 3.19. The summed E-state index contributed by atoms with van der Waals surface area (Å²) in [5.41, 5.74) is 0.00626. The normalized spacial score (nSPS) is 13.8. The quantitative estimate of drug-likeness (QED) is 0.630. The lowest BCUT2D eigenvalue weighted by Crippen LogP contribution is -2.41. The first-order chi connectivity index (χ1) is 14.9. The fourth-order valence-corrected chi connectivity index (χ4v) is 4.80. The third kappa shape index (κ3) is 4.12. The Labute approximate surface area is 181 Å². The standard InChI is InChI=1S/C21H24FN5O3S/c1-3-8-26-19(29)17-18(24-20(31-17)25-9-4-5-10-25)27(21(26)30)12-16(28)23-15-7-6-13(2)11-14(15)22/h6-7,11H,3-5,8-10,12H2,1-2H3,(H,23,28). The molecule has 1 saturated heterocycles. The van der Waals surface area contributed by atoms with Gasteiger partial charge in [-0.2, -0.15) is 0 Å². The number of halogens is 1. The summed E-state index contributed by atoms with van der Waals surface area (Å²) in [4.78, 5) is 45.3. The molecule has 3 heterocycles. The van der Waals surface area contributed by atoms with Crippen LogP contribution in [-0.2, 0) is 17.9 Å². The van der Waals surface area contributed by atoms with Gasteiger partial charge in [-0.15, -0.1) is 0 Å². The highest BCUT2D eigenvalue weighted by Gasteiger charge is 2.23. The van der Waals surface area contributed by atoms with Gasteiger partial charge in [0.2, 0.25) is 5.91 Å². The number of carbonyl (C=O) groups excluding carboxylic acids is 1. The number of amides is 1. The van der Waals surface area contributed by atoms with Crippen molar-refractivity contribution < 1.29 is 9.18 Å². The molecule has 164 valence electrons. The van der Waals surface area contributed by atoms with Gasteiger partial charge in [0.05, 0.1) is 5.69 Å². The van der Waals surface area contributed by atoms with E-state index in [0.717, 1.165) is 36.1 Å². The number of carbonyl (C=O) groups is 1. The van der Waals surface area contributed by atoms with Crippen molar-refractivity contribution in [1.29, 1.82) is 0 Å². The van der Waals surface area contributed by atoms with Gasteiger partial charge >= 0.3 is 5.69 Å². The smallest absolute Gasteiger partial charge is 0.333 e. The number of thiazole rings is 1.